The Labute approximate surface area is 203 Å². The highest BCUT2D eigenvalue weighted by Crippen LogP contribution is 2.37. The van der Waals surface area contributed by atoms with Crippen LogP contribution in [0.5, 0.6) is 0 Å². The summed E-state index contributed by atoms with van der Waals surface area (Å²) in [5.41, 5.74) is 0.419. The van der Waals surface area contributed by atoms with Crippen molar-refractivity contribution in [1.29, 1.82) is 0 Å². The quantitative estimate of drug-likeness (QED) is 0.412. The van der Waals surface area contributed by atoms with E-state index in [9.17, 15) is 18.0 Å². The molecular weight excluding hydrogens is 459 g/mol. The highest BCUT2D eigenvalue weighted by atomic mass is 19.4. The fourth-order valence-electron chi connectivity index (χ4n) is 4.67. The van der Waals surface area contributed by atoms with Crippen molar-refractivity contribution in [2.45, 2.75) is 90.0 Å². The van der Waals surface area contributed by atoms with Crippen LogP contribution in [0, 0.1) is 0 Å². The van der Waals surface area contributed by atoms with Crippen molar-refractivity contribution >= 4 is 6.09 Å². The summed E-state index contributed by atoms with van der Waals surface area (Å²) in [4.78, 5) is 18.5. The van der Waals surface area contributed by atoms with Gasteiger partial charge in [-0.2, -0.15) is 18.2 Å². The summed E-state index contributed by atoms with van der Waals surface area (Å²) in [7, 11) is 0. The maximum atomic E-state index is 13.9. The van der Waals surface area contributed by atoms with Crippen molar-refractivity contribution in [3.05, 3.63) is 46.9 Å². The Hall–Kier alpha value is -2.84. The van der Waals surface area contributed by atoms with E-state index < -0.39 is 29.5 Å². The molecule has 6 nitrogen and oxygen atoms in total. The number of halogens is 3. The van der Waals surface area contributed by atoms with Gasteiger partial charge in [0, 0.05) is 12.1 Å². The molecule has 1 saturated heterocycles. The molecule has 0 N–H and O–H groups in total. The lowest BCUT2D eigenvalue weighted by atomic mass is 9.92. The molecule has 0 bridgehead atoms. The molecule has 35 heavy (non-hydrogen) atoms. The monoisotopic (exact) mass is 491 g/mol. The molecule has 2 aliphatic rings. The normalized spacial score (nSPS) is 19.1. The molecule has 0 spiro atoms. The van der Waals surface area contributed by atoms with Gasteiger partial charge >= 0.3 is 12.3 Å². The van der Waals surface area contributed by atoms with Crippen molar-refractivity contribution in [2.24, 2.45) is 0 Å². The Morgan fingerprint density at radius 1 is 1.17 bits per heavy atom. The lowest BCUT2D eigenvalue weighted by Gasteiger charge is -2.26. The summed E-state index contributed by atoms with van der Waals surface area (Å²) < 4.78 is 52.6. The van der Waals surface area contributed by atoms with Gasteiger partial charge < -0.3 is 9.26 Å². The number of amides is 1. The van der Waals surface area contributed by atoms with Crippen molar-refractivity contribution < 1.29 is 27.2 Å². The molecule has 1 amide bonds. The van der Waals surface area contributed by atoms with Gasteiger partial charge in [-0.15, -0.1) is 0 Å². The fraction of sp³-hybridized carbons (Fsp3) is 0.577. The molecule has 1 aromatic heterocycles. The number of hydrogen-bond acceptors (Lipinski definition) is 5. The number of aromatic nitrogens is 2. The van der Waals surface area contributed by atoms with Crippen LogP contribution in [0.2, 0.25) is 0 Å². The number of aryl methyl sites for hydroxylation is 1. The fourth-order valence-corrected chi connectivity index (χ4v) is 4.67. The standard InChI is InChI=1S/C26H32F3N3O3/c1-25(2,3)34-24(33)32-15-7-10-21(32)23-30-22(31-35-23)19-14-13-18(20(16-19)26(27,28)29)12-11-17-8-5-4-6-9-17/h8,13-14,16,21H,4-7,9-12,15H2,1-3H3/t21-/m0/s1. The molecule has 1 aliphatic heterocycles. The van der Waals surface area contributed by atoms with E-state index in [1.165, 1.54) is 16.5 Å². The number of rotatable bonds is 5. The molecule has 9 heteroatoms. The highest BCUT2D eigenvalue weighted by molar-refractivity contribution is 5.69. The van der Waals surface area contributed by atoms with E-state index in [4.69, 9.17) is 9.26 Å². The number of ether oxygens (including phenoxy) is 1. The summed E-state index contributed by atoms with van der Waals surface area (Å²) in [6.45, 7) is 5.85. The molecule has 4 rings (SSSR count). The number of likely N-dealkylation sites (tertiary alicyclic amines) is 1. The zero-order valence-electron chi connectivity index (χ0n) is 20.5. The molecular formula is C26H32F3N3O3. The predicted molar refractivity (Wildman–Crippen MR) is 125 cm³/mol. The van der Waals surface area contributed by atoms with Crippen LogP contribution in [0.25, 0.3) is 11.4 Å². The van der Waals surface area contributed by atoms with Crippen LogP contribution in [-0.4, -0.2) is 33.3 Å². The van der Waals surface area contributed by atoms with Crippen LogP contribution in [0.1, 0.15) is 88.8 Å². The Morgan fingerprint density at radius 2 is 1.97 bits per heavy atom. The van der Waals surface area contributed by atoms with E-state index in [0.717, 1.165) is 38.2 Å². The number of nitrogens with zero attached hydrogens (tertiary/aromatic N) is 3. The smallest absolute Gasteiger partial charge is 0.416 e. The van der Waals surface area contributed by atoms with Gasteiger partial charge in [0.05, 0.1) is 5.56 Å². The van der Waals surface area contributed by atoms with Crippen LogP contribution in [-0.2, 0) is 17.3 Å². The topological polar surface area (TPSA) is 68.5 Å². The molecule has 0 unspecified atom stereocenters. The first kappa shape index (κ1) is 25.3. The van der Waals surface area contributed by atoms with Crippen LogP contribution in [0.15, 0.2) is 34.4 Å². The molecule has 190 valence electrons. The van der Waals surface area contributed by atoms with Crippen LogP contribution in [0.4, 0.5) is 18.0 Å². The largest absolute Gasteiger partial charge is 0.444 e. The molecule has 1 aliphatic carbocycles. The molecule has 2 heterocycles. The van der Waals surface area contributed by atoms with Crippen molar-refractivity contribution in [3.8, 4) is 11.4 Å². The number of allylic oxidation sites excluding steroid dienone is 2. The lowest BCUT2D eigenvalue weighted by molar-refractivity contribution is -0.138. The average molecular weight is 492 g/mol. The zero-order valence-corrected chi connectivity index (χ0v) is 20.5. The van der Waals surface area contributed by atoms with E-state index in [2.05, 4.69) is 16.2 Å². The SMILES string of the molecule is CC(C)(C)OC(=O)N1CCC[C@H]1c1nc(-c2ccc(CCC3=CCCCC3)c(C(F)(F)F)c2)no1. The minimum Gasteiger partial charge on any atom is -0.444 e. The summed E-state index contributed by atoms with van der Waals surface area (Å²) in [5, 5.41) is 3.93. The molecule has 0 radical (unpaired) electrons. The van der Waals surface area contributed by atoms with Gasteiger partial charge in [-0.05, 0) is 83.8 Å². The minimum atomic E-state index is -4.49. The average Bonchev–Trinajstić information content (AvgIpc) is 3.46. The summed E-state index contributed by atoms with van der Waals surface area (Å²) in [6, 6.07) is 3.75. The molecule has 0 saturated carbocycles. The maximum absolute atomic E-state index is 13.9. The van der Waals surface area contributed by atoms with Gasteiger partial charge in [0.1, 0.15) is 11.6 Å². The van der Waals surface area contributed by atoms with Crippen LogP contribution >= 0.6 is 0 Å². The summed E-state index contributed by atoms with van der Waals surface area (Å²) in [5.74, 6) is 0.272. The first-order valence-corrected chi connectivity index (χ1v) is 12.2. The lowest BCUT2D eigenvalue weighted by Crippen LogP contribution is -2.36. The van der Waals surface area contributed by atoms with E-state index in [1.54, 1.807) is 26.8 Å². The maximum Gasteiger partial charge on any atom is 0.416 e. The van der Waals surface area contributed by atoms with E-state index in [0.29, 0.717) is 25.8 Å². The summed E-state index contributed by atoms with van der Waals surface area (Å²) in [6.07, 6.45) is 3.75. The molecule has 1 aromatic carbocycles. The van der Waals surface area contributed by atoms with E-state index in [1.807, 2.05) is 0 Å². The Morgan fingerprint density at radius 3 is 2.66 bits per heavy atom. The third-order valence-electron chi connectivity index (χ3n) is 6.38. The Bertz CT molecular complexity index is 1090. The second kappa shape index (κ2) is 10.0. The molecule has 1 fully saturated rings. The predicted octanol–water partition coefficient (Wildman–Crippen LogP) is 7.26. The third-order valence-corrected chi connectivity index (χ3v) is 6.38. The van der Waals surface area contributed by atoms with Crippen molar-refractivity contribution in [2.75, 3.05) is 6.54 Å². The Balaban J connectivity index is 1.54. The minimum absolute atomic E-state index is 0.0723. The van der Waals surface area contributed by atoms with Crippen LogP contribution in [0.3, 0.4) is 0 Å². The number of carbonyl (C=O) groups is 1. The highest BCUT2D eigenvalue weighted by Gasteiger charge is 2.37. The van der Waals surface area contributed by atoms with Crippen molar-refractivity contribution in [1.82, 2.24) is 15.0 Å². The van der Waals surface area contributed by atoms with Crippen molar-refractivity contribution in [3.63, 3.8) is 0 Å². The third kappa shape index (κ3) is 6.24. The summed E-state index contributed by atoms with van der Waals surface area (Å²) >= 11 is 0. The van der Waals surface area contributed by atoms with E-state index >= 15 is 0 Å². The Kier molecular flexibility index (Phi) is 7.24. The van der Waals surface area contributed by atoms with E-state index in [-0.39, 0.29) is 22.8 Å². The first-order chi connectivity index (χ1) is 16.5. The van der Waals surface area contributed by atoms with Gasteiger partial charge in [0.15, 0.2) is 0 Å². The number of hydrogen-bond donors (Lipinski definition) is 0. The second-order valence-corrected chi connectivity index (χ2v) is 10.3. The van der Waals surface area contributed by atoms with Gasteiger partial charge in [-0.1, -0.05) is 28.9 Å². The van der Waals surface area contributed by atoms with Gasteiger partial charge in [-0.3, -0.25) is 4.90 Å². The first-order valence-electron chi connectivity index (χ1n) is 12.2. The van der Waals surface area contributed by atoms with Gasteiger partial charge in [-0.25, -0.2) is 4.79 Å². The molecule has 2 aromatic rings. The number of alkyl halides is 3. The van der Waals surface area contributed by atoms with Gasteiger partial charge in [0.25, 0.3) is 0 Å². The van der Waals surface area contributed by atoms with Crippen LogP contribution < -0.4 is 0 Å². The number of benzene rings is 1. The second-order valence-electron chi connectivity index (χ2n) is 10.3. The zero-order chi connectivity index (χ0) is 25.2. The number of carbonyl (C=O) groups excluding carboxylic acids is 1. The van der Waals surface area contributed by atoms with Gasteiger partial charge in [0.2, 0.25) is 11.7 Å². The molecule has 1 atom stereocenters.